The molecule has 0 aliphatic rings. The van der Waals surface area contributed by atoms with Crippen molar-refractivity contribution in [3.05, 3.63) is 54.3 Å². The fourth-order valence-corrected chi connectivity index (χ4v) is 5.47. The molecule has 272 valence electrons. The molecular formula is C43H78N2O2. The Morgan fingerprint density at radius 3 is 1.55 bits per heavy atom. The number of carbonyl (C=O) groups excluding carboxylic acids is 1. The van der Waals surface area contributed by atoms with Crippen LogP contribution in [0.2, 0.25) is 0 Å². The molecule has 0 saturated carbocycles. The molecule has 0 fully saturated rings. The van der Waals surface area contributed by atoms with E-state index in [2.05, 4.69) is 73.1 Å². The molecule has 0 heterocycles. The van der Waals surface area contributed by atoms with Crippen molar-refractivity contribution in [2.75, 3.05) is 34.2 Å². The fourth-order valence-electron chi connectivity index (χ4n) is 5.47. The van der Waals surface area contributed by atoms with Crippen LogP contribution in [0.25, 0.3) is 0 Å². The summed E-state index contributed by atoms with van der Waals surface area (Å²) in [6, 6.07) is 0. The highest BCUT2D eigenvalue weighted by atomic mass is 16.6. The van der Waals surface area contributed by atoms with E-state index in [0.29, 0.717) is 6.54 Å². The van der Waals surface area contributed by atoms with E-state index >= 15 is 0 Å². The minimum Gasteiger partial charge on any atom is -0.446 e. The summed E-state index contributed by atoms with van der Waals surface area (Å²) in [6.07, 6.45) is 48.5. The smallest absolute Gasteiger partial charge is 0.409 e. The molecule has 1 atom stereocenters. The van der Waals surface area contributed by atoms with Gasteiger partial charge < -0.3 is 14.5 Å². The van der Waals surface area contributed by atoms with Gasteiger partial charge in [-0.2, -0.15) is 0 Å². The number of unbranched alkanes of at least 4 members (excludes halogenated alkanes) is 17. The SMILES string of the molecule is CCCCCC=CCC=C=CCCCCCCCC(CCCCCCCCC=CCC=CCCCCC)OC(=O)N(C)CCN(C)C. The zero-order valence-electron chi connectivity index (χ0n) is 32.0. The van der Waals surface area contributed by atoms with Crippen LogP contribution in [0.5, 0.6) is 0 Å². The van der Waals surface area contributed by atoms with Crippen LogP contribution >= 0.6 is 0 Å². The fraction of sp³-hybridized carbons (Fsp3) is 0.767. The standard InChI is InChI=1S/C43H78N2O2/c1-6-8-10-12-14-16-18-20-22-24-26-28-30-32-34-36-38-42(47-43(46)45(5)41-40-44(3)4)39-37-35-33-31-29-27-25-23-21-19-17-15-13-11-9-7-2/h14-17,20-22,25,42H,6-13,18-19,24,26-41H2,1-5H3. The lowest BCUT2D eigenvalue weighted by atomic mass is 10.0. The van der Waals surface area contributed by atoms with Crippen molar-refractivity contribution in [1.82, 2.24) is 9.80 Å². The zero-order chi connectivity index (χ0) is 34.5. The first-order valence-corrected chi connectivity index (χ1v) is 19.9. The zero-order valence-corrected chi connectivity index (χ0v) is 32.0. The molecule has 0 aliphatic carbocycles. The van der Waals surface area contributed by atoms with Gasteiger partial charge in [-0.3, -0.25) is 0 Å². The lowest BCUT2D eigenvalue weighted by Crippen LogP contribution is -2.36. The largest absolute Gasteiger partial charge is 0.446 e. The highest BCUT2D eigenvalue weighted by molar-refractivity contribution is 5.67. The first-order chi connectivity index (χ1) is 23.0. The number of allylic oxidation sites excluding steroid dienone is 7. The second kappa shape index (κ2) is 36.8. The van der Waals surface area contributed by atoms with Gasteiger partial charge in [-0.25, -0.2) is 4.79 Å². The maximum Gasteiger partial charge on any atom is 0.409 e. The average molecular weight is 655 g/mol. The Morgan fingerprint density at radius 1 is 0.553 bits per heavy atom. The van der Waals surface area contributed by atoms with Gasteiger partial charge in [0.2, 0.25) is 0 Å². The van der Waals surface area contributed by atoms with E-state index in [-0.39, 0.29) is 12.2 Å². The Bertz CT molecular complexity index is 822. The summed E-state index contributed by atoms with van der Waals surface area (Å²) in [5.74, 6) is 0. The maximum atomic E-state index is 12.8. The highest BCUT2D eigenvalue weighted by Crippen LogP contribution is 2.18. The molecule has 0 aromatic rings. The van der Waals surface area contributed by atoms with Crippen LogP contribution in [0.1, 0.15) is 174 Å². The van der Waals surface area contributed by atoms with E-state index in [1.165, 1.54) is 116 Å². The summed E-state index contributed by atoms with van der Waals surface area (Å²) in [7, 11) is 5.93. The number of hydrogen-bond donors (Lipinski definition) is 0. The second-order valence-corrected chi connectivity index (χ2v) is 13.7. The van der Waals surface area contributed by atoms with Crippen molar-refractivity contribution in [2.24, 2.45) is 0 Å². The van der Waals surface area contributed by atoms with Crippen molar-refractivity contribution >= 4 is 6.09 Å². The minimum atomic E-state index is -0.163. The molecular weight excluding hydrogens is 576 g/mol. The quantitative estimate of drug-likeness (QED) is 0.0401. The maximum absolute atomic E-state index is 12.8. The predicted octanol–water partition coefficient (Wildman–Crippen LogP) is 13.2. The molecule has 47 heavy (non-hydrogen) atoms. The van der Waals surface area contributed by atoms with Crippen molar-refractivity contribution in [2.45, 2.75) is 180 Å². The van der Waals surface area contributed by atoms with Crippen LogP contribution in [0, 0.1) is 0 Å². The van der Waals surface area contributed by atoms with Crippen LogP contribution < -0.4 is 0 Å². The lowest BCUT2D eigenvalue weighted by Gasteiger charge is -2.24. The number of nitrogens with zero attached hydrogens (tertiary/aromatic N) is 2. The Labute approximate surface area is 293 Å². The molecule has 0 aromatic heterocycles. The molecule has 0 bridgehead atoms. The van der Waals surface area contributed by atoms with Gasteiger partial charge >= 0.3 is 6.09 Å². The summed E-state index contributed by atoms with van der Waals surface area (Å²) in [5, 5.41) is 0. The van der Waals surface area contributed by atoms with E-state index in [0.717, 1.165) is 51.5 Å². The van der Waals surface area contributed by atoms with Gasteiger partial charge in [0.1, 0.15) is 6.10 Å². The van der Waals surface area contributed by atoms with Gasteiger partial charge in [0.05, 0.1) is 0 Å². The summed E-state index contributed by atoms with van der Waals surface area (Å²) < 4.78 is 6.03. The van der Waals surface area contributed by atoms with Crippen molar-refractivity contribution in [3.8, 4) is 0 Å². The van der Waals surface area contributed by atoms with Gasteiger partial charge in [0.25, 0.3) is 0 Å². The molecule has 0 spiro atoms. The average Bonchev–Trinajstić information content (AvgIpc) is 3.06. The van der Waals surface area contributed by atoms with Gasteiger partial charge in [-0.15, -0.1) is 5.73 Å². The monoisotopic (exact) mass is 655 g/mol. The van der Waals surface area contributed by atoms with Crippen LogP contribution in [-0.2, 0) is 4.74 Å². The third kappa shape index (κ3) is 35.1. The van der Waals surface area contributed by atoms with Crippen molar-refractivity contribution < 1.29 is 9.53 Å². The topological polar surface area (TPSA) is 32.8 Å². The molecule has 0 rings (SSSR count). The Kier molecular flexibility index (Phi) is 35.2. The molecule has 4 nitrogen and oxygen atoms in total. The van der Waals surface area contributed by atoms with E-state index < -0.39 is 0 Å². The van der Waals surface area contributed by atoms with Crippen molar-refractivity contribution in [1.29, 1.82) is 0 Å². The predicted molar refractivity (Wildman–Crippen MR) is 208 cm³/mol. The molecule has 4 heteroatoms. The van der Waals surface area contributed by atoms with Crippen molar-refractivity contribution in [3.63, 3.8) is 0 Å². The molecule has 1 amide bonds. The third-order valence-corrected chi connectivity index (χ3v) is 8.69. The molecule has 0 aliphatic heterocycles. The second-order valence-electron chi connectivity index (χ2n) is 13.7. The van der Waals surface area contributed by atoms with Crippen LogP contribution in [0.15, 0.2) is 54.3 Å². The Morgan fingerprint density at radius 2 is 1.02 bits per heavy atom. The number of amides is 1. The van der Waals surface area contributed by atoms with Gasteiger partial charge in [0, 0.05) is 20.1 Å². The molecule has 0 saturated heterocycles. The van der Waals surface area contributed by atoms with E-state index in [4.69, 9.17) is 4.74 Å². The van der Waals surface area contributed by atoms with Gasteiger partial charge in [-0.1, -0.05) is 121 Å². The summed E-state index contributed by atoms with van der Waals surface area (Å²) in [4.78, 5) is 16.6. The lowest BCUT2D eigenvalue weighted by molar-refractivity contribution is 0.0571. The normalized spacial score (nSPS) is 12.4. The number of ether oxygens (including phenoxy) is 1. The van der Waals surface area contributed by atoms with Crippen LogP contribution in [0.4, 0.5) is 4.79 Å². The van der Waals surface area contributed by atoms with Gasteiger partial charge in [-0.05, 0) is 116 Å². The van der Waals surface area contributed by atoms with E-state index in [9.17, 15) is 4.79 Å². The first-order valence-electron chi connectivity index (χ1n) is 19.9. The Hall–Kier alpha value is -2.03. The summed E-state index contributed by atoms with van der Waals surface area (Å²) in [5.41, 5.74) is 3.34. The van der Waals surface area contributed by atoms with Crippen LogP contribution in [-0.4, -0.2) is 56.2 Å². The summed E-state index contributed by atoms with van der Waals surface area (Å²) in [6.45, 7) is 6.06. The van der Waals surface area contributed by atoms with E-state index in [1.54, 1.807) is 4.90 Å². The van der Waals surface area contributed by atoms with Gasteiger partial charge in [0.15, 0.2) is 0 Å². The minimum absolute atomic E-state index is 0.0453. The number of likely N-dealkylation sites (N-methyl/N-ethyl adjacent to an activating group) is 2. The molecule has 0 aromatic carbocycles. The van der Waals surface area contributed by atoms with Crippen LogP contribution in [0.3, 0.4) is 0 Å². The molecule has 1 unspecified atom stereocenters. The number of hydrogen-bond acceptors (Lipinski definition) is 3. The number of rotatable bonds is 33. The first kappa shape index (κ1) is 45.0. The molecule has 0 N–H and O–H groups in total. The number of carbonyl (C=O) groups is 1. The van der Waals surface area contributed by atoms with E-state index in [1.807, 2.05) is 21.1 Å². The summed E-state index contributed by atoms with van der Waals surface area (Å²) >= 11 is 0. The third-order valence-electron chi connectivity index (χ3n) is 8.69. The highest BCUT2D eigenvalue weighted by Gasteiger charge is 2.17. The molecule has 0 radical (unpaired) electrons. The Balaban J connectivity index is 4.18.